The number of ether oxygens (including phenoxy) is 1. The molecule has 36 heavy (non-hydrogen) atoms. The van der Waals surface area contributed by atoms with Gasteiger partial charge in [0, 0.05) is 30.8 Å². The molecule has 1 N–H and O–H groups in total. The minimum atomic E-state index is -0.0529. The van der Waals surface area contributed by atoms with Gasteiger partial charge in [0.2, 0.25) is 0 Å². The third-order valence-corrected chi connectivity index (χ3v) is 6.95. The molecule has 0 aliphatic carbocycles. The first-order chi connectivity index (χ1) is 17.6. The van der Waals surface area contributed by atoms with Crippen molar-refractivity contribution in [3.63, 3.8) is 0 Å². The number of benzene rings is 2. The van der Waals surface area contributed by atoms with E-state index in [1.165, 1.54) is 5.56 Å². The minimum absolute atomic E-state index is 0.0366. The molecule has 1 aliphatic heterocycles. The van der Waals surface area contributed by atoms with Gasteiger partial charge < -0.3 is 9.72 Å². The Bertz CT molecular complexity index is 1340. The van der Waals surface area contributed by atoms with Gasteiger partial charge in [-0.2, -0.15) is 0 Å². The van der Waals surface area contributed by atoms with Crippen LogP contribution in [0.3, 0.4) is 0 Å². The molecule has 0 amide bonds. The van der Waals surface area contributed by atoms with Crippen LogP contribution < -0.4 is 5.56 Å². The van der Waals surface area contributed by atoms with Crippen molar-refractivity contribution < 1.29 is 4.74 Å². The van der Waals surface area contributed by atoms with Gasteiger partial charge in [-0.1, -0.05) is 55.3 Å². The molecular formula is C28H34N6O2. The largest absolute Gasteiger partial charge is 0.377 e. The fourth-order valence-electron chi connectivity index (χ4n) is 5.13. The van der Waals surface area contributed by atoms with E-state index < -0.39 is 0 Å². The number of rotatable bonds is 10. The summed E-state index contributed by atoms with van der Waals surface area (Å²) in [6, 6.07) is 18.3. The zero-order chi connectivity index (χ0) is 24.9. The Morgan fingerprint density at radius 1 is 1.19 bits per heavy atom. The lowest BCUT2D eigenvalue weighted by molar-refractivity contribution is 0.0476. The van der Waals surface area contributed by atoms with Gasteiger partial charge in [-0.25, -0.2) is 4.68 Å². The predicted molar refractivity (Wildman–Crippen MR) is 140 cm³/mol. The highest BCUT2D eigenvalue weighted by Crippen LogP contribution is 2.28. The number of H-pyrrole nitrogens is 1. The molecule has 2 atom stereocenters. The van der Waals surface area contributed by atoms with Crippen LogP contribution in [0.1, 0.15) is 61.2 Å². The van der Waals surface area contributed by atoms with Crippen LogP contribution in [0.15, 0.2) is 59.4 Å². The number of nitrogens with one attached hydrogen (secondary N) is 1. The fourth-order valence-corrected chi connectivity index (χ4v) is 5.13. The van der Waals surface area contributed by atoms with Crippen molar-refractivity contribution in [1.82, 2.24) is 30.1 Å². The van der Waals surface area contributed by atoms with Crippen LogP contribution in [0.2, 0.25) is 0 Å². The summed E-state index contributed by atoms with van der Waals surface area (Å²) in [5.41, 5.74) is 3.86. The third kappa shape index (κ3) is 5.55. The summed E-state index contributed by atoms with van der Waals surface area (Å²) in [5.74, 6) is 0.826. The molecule has 4 aromatic rings. The quantitative estimate of drug-likeness (QED) is 0.358. The Labute approximate surface area is 211 Å². The van der Waals surface area contributed by atoms with Crippen molar-refractivity contribution in [2.24, 2.45) is 0 Å². The van der Waals surface area contributed by atoms with Crippen molar-refractivity contribution in [2.75, 3.05) is 13.2 Å². The molecule has 0 spiro atoms. The molecule has 8 heteroatoms. The smallest absolute Gasteiger partial charge is 0.252 e. The number of aromatic nitrogens is 5. The van der Waals surface area contributed by atoms with E-state index in [0.29, 0.717) is 13.1 Å². The van der Waals surface area contributed by atoms with Crippen molar-refractivity contribution in [1.29, 1.82) is 0 Å². The lowest BCUT2D eigenvalue weighted by Crippen LogP contribution is -2.38. The second-order valence-electron chi connectivity index (χ2n) is 9.76. The van der Waals surface area contributed by atoms with E-state index in [0.717, 1.165) is 66.7 Å². The molecular weight excluding hydrogens is 452 g/mol. The summed E-state index contributed by atoms with van der Waals surface area (Å²) >= 11 is 0. The van der Waals surface area contributed by atoms with Gasteiger partial charge in [0.05, 0.1) is 18.7 Å². The molecule has 2 aromatic carbocycles. The summed E-state index contributed by atoms with van der Waals surface area (Å²) in [6.45, 7) is 6.87. The van der Waals surface area contributed by atoms with Gasteiger partial charge in [-0.15, -0.1) is 5.10 Å². The number of nitrogens with zero attached hydrogens (tertiary/aromatic N) is 5. The standard InChI is InChI=1S/C28H34N6O2/c1-3-8-26(27-30-31-32-34(27)17-21-9-5-4-6-10-21)33(19-24-11-7-14-36-24)18-23-16-22-15-20(2)12-13-25(22)29-28(23)35/h4-6,9-10,12-13,15-16,24,26H,3,7-8,11,14,17-19H2,1-2H3,(H,29,35)/t24-,26-/m1/s1. The van der Waals surface area contributed by atoms with Gasteiger partial charge in [0.25, 0.3) is 5.56 Å². The summed E-state index contributed by atoms with van der Waals surface area (Å²) in [5, 5.41) is 13.9. The molecule has 188 valence electrons. The van der Waals surface area contributed by atoms with Crippen molar-refractivity contribution in [3.8, 4) is 0 Å². The average Bonchev–Trinajstić information content (AvgIpc) is 3.56. The summed E-state index contributed by atoms with van der Waals surface area (Å²) in [4.78, 5) is 18.5. The molecule has 2 aromatic heterocycles. The predicted octanol–water partition coefficient (Wildman–Crippen LogP) is 4.39. The summed E-state index contributed by atoms with van der Waals surface area (Å²) < 4.78 is 7.92. The first-order valence-corrected chi connectivity index (χ1v) is 12.9. The SMILES string of the molecule is CCC[C@H](c1nnnn1Cc1ccccc1)N(Cc1cc2cc(C)ccc2[nH]c1=O)C[C@H]1CCCO1. The van der Waals surface area contributed by atoms with Crippen LogP contribution in [0, 0.1) is 6.92 Å². The zero-order valence-corrected chi connectivity index (χ0v) is 21.1. The Kier molecular flexibility index (Phi) is 7.53. The number of tetrazole rings is 1. The Morgan fingerprint density at radius 2 is 2.06 bits per heavy atom. The fraction of sp³-hybridized carbons (Fsp3) is 0.429. The molecule has 0 saturated carbocycles. The molecule has 1 aliphatic rings. The maximum Gasteiger partial charge on any atom is 0.252 e. The normalized spacial score (nSPS) is 16.7. The van der Waals surface area contributed by atoms with Crippen molar-refractivity contribution in [3.05, 3.63) is 87.5 Å². The van der Waals surface area contributed by atoms with E-state index in [9.17, 15) is 4.79 Å². The lowest BCUT2D eigenvalue weighted by atomic mass is 10.0. The Hall–Kier alpha value is -3.36. The average molecular weight is 487 g/mol. The van der Waals surface area contributed by atoms with Crippen molar-refractivity contribution >= 4 is 10.9 Å². The maximum absolute atomic E-state index is 13.1. The van der Waals surface area contributed by atoms with Gasteiger partial charge in [-0.3, -0.25) is 9.69 Å². The highest BCUT2D eigenvalue weighted by molar-refractivity contribution is 5.79. The van der Waals surface area contributed by atoms with Crippen LogP contribution in [0.4, 0.5) is 0 Å². The number of aryl methyl sites for hydroxylation is 1. The summed E-state index contributed by atoms with van der Waals surface area (Å²) in [7, 11) is 0. The minimum Gasteiger partial charge on any atom is -0.377 e. The van der Waals surface area contributed by atoms with E-state index in [2.05, 4.69) is 57.5 Å². The Balaban J connectivity index is 1.50. The van der Waals surface area contributed by atoms with E-state index in [-0.39, 0.29) is 17.7 Å². The number of hydrogen-bond donors (Lipinski definition) is 1. The number of hydrogen-bond acceptors (Lipinski definition) is 6. The summed E-state index contributed by atoms with van der Waals surface area (Å²) in [6.07, 6.45) is 4.09. The second-order valence-corrected chi connectivity index (χ2v) is 9.76. The van der Waals surface area contributed by atoms with Gasteiger partial charge in [0.15, 0.2) is 5.82 Å². The monoisotopic (exact) mass is 486 g/mol. The highest BCUT2D eigenvalue weighted by Gasteiger charge is 2.30. The number of fused-ring (bicyclic) bond motifs is 1. The zero-order valence-electron chi connectivity index (χ0n) is 21.1. The molecule has 1 saturated heterocycles. The van der Waals surface area contributed by atoms with E-state index in [1.54, 1.807) is 0 Å². The Morgan fingerprint density at radius 3 is 2.83 bits per heavy atom. The molecule has 1 fully saturated rings. The van der Waals surface area contributed by atoms with E-state index in [4.69, 9.17) is 4.74 Å². The van der Waals surface area contributed by atoms with Crippen LogP contribution in [-0.2, 0) is 17.8 Å². The highest BCUT2D eigenvalue weighted by atomic mass is 16.5. The van der Waals surface area contributed by atoms with Gasteiger partial charge in [-0.05, 0) is 65.8 Å². The van der Waals surface area contributed by atoms with Gasteiger partial charge in [0.1, 0.15) is 0 Å². The third-order valence-electron chi connectivity index (χ3n) is 6.95. The molecule has 0 bridgehead atoms. The molecule has 5 rings (SSSR count). The van der Waals surface area contributed by atoms with Crippen molar-refractivity contribution in [2.45, 2.75) is 64.8 Å². The molecule has 0 unspecified atom stereocenters. The first-order valence-electron chi connectivity index (χ1n) is 12.9. The van der Waals surface area contributed by atoms with Gasteiger partial charge >= 0.3 is 0 Å². The second kappa shape index (κ2) is 11.1. The molecule has 8 nitrogen and oxygen atoms in total. The number of pyridine rings is 1. The number of aromatic amines is 1. The van der Waals surface area contributed by atoms with E-state index >= 15 is 0 Å². The van der Waals surface area contributed by atoms with Crippen LogP contribution >= 0.6 is 0 Å². The first kappa shape index (κ1) is 24.3. The molecule has 3 heterocycles. The van der Waals surface area contributed by atoms with E-state index in [1.807, 2.05) is 41.1 Å². The van der Waals surface area contributed by atoms with Crippen LogP contribution in [0.5, 0.6) is 0 Å². The lowest BCUT2D eigenvalue weighted by Gasteiger charge is -2.32. The maximum atomic E-state index is 13.1. The van der Waals surface area contributed by atoms with Crippen LogP contribution in [-0.4, -0.2) is 49.3 Å². The molecule has 0 radical (unpaired) electrons. The van der Waals surface area contributed by atoms with Crippen LogP contribution in [0.25, 0.3) is 10.9 Å². The topological polar surface area (TPSA) is 88.9 Å².